The highest BCUT2D eigenvalue weighted by Crippen LogP contribution is 2.10. The molecular weight excluding hydrogens is 240 g/mol. The zero-order valence-corrected chi connectivity index (χ0v) is 10.6. The first-order valence-electron chi connectivity index (χ1n) is 5.04. The van der Waals surface area contributed by atoms with Crippen molar-refractivity contribution in [3.8, 4) is 0 Å². The first kappa shape index (κ1) is 13.4. The van der Waals surface area contributed by atoms with Crippen LogP contribution in [0.25, 0.3) is 0 Å². The van der Waals surface area contributed by atoms with Crippen LogP contribution in [0, 0.1) is 0 Å². The lowest BCUT2D eigenvalue weighted by atomic mass is 10.2. The Kier molecular flexibility index (Phi) is 4.84. The van der Waals surface area contributed by atoms with Crippen molar-refractivity contribution < 1.29 is 9.53 Å². The average Bonchev–Trinajstić information content (AvgIpc) is 2.28. The fourth-order valence-electron chi connectivity index (χ4n) is 1.03. The van der Waals surface area contributed by atoms with E-state index < -0.39 is 5.97 Å². The predicted molar refractivity (Wildman–Crippen MR) is 67.2 cm³/mol. The number of halogens is 1. The van der Waals surface area contributed by atoms with Gasteiger partial charge in [-0.1, -0.05) is 23.7 Å². The minimum Gasteiger partial charge on any atom is -0.458 e. The molecule has 0 aromatic heterocycles. The number of ether oxygens (including phenoxy) is 1. The van der Waals surface area contributed by atoms with Crippen molar-refractivity contribution in [3.05, 3.63) is 46.7 Å². The minimum atomic E-state index is -0.467. The van der Waals surface area contributed by atoms with Gasteiger partial charge in [0.05, 0.1) is 6.08 Å². The van der Waals surface area contributed by atoms with E-state index in [0.29, 0.717) is 10.8 Å². The number of benzene rings is 1. The fraction of sp³-hybridized carbons (Fsp3) is 0.250. The van der Waals surface area contributed by atoms with Gasteiger partial charge >= 0.3 is 5.97 Å². The Morgan fingerprint density at radius 2 is 2.00 bits per heavy atom. The molecule has 92 valence electrons. The summed E-state index contributed by atoms with van der Waals surface area (Å²) in [6.45, 7) is 0.202. The van der Waals surface area contributed by atoms with Crippen LogP contribution in [-0.2, 0) is 16.1 Å². The number of carbonyl (C=O) groups excluding carboxylic acids is 1. The lowest BCUT2D eigenvalue weighted by Gasteiger charge is -2.11. The van der Waals surface area contributed by atoms with Crippen LogP contribution in [-0.4, -0.2) is 25.0 Å². The highest BCUT2D eigenvalue weighted by atomic mass is 35.5. The molecule has 1 aromatic rings. The SMILES string of the molecule is CN(C)/C(N)=C\C(=O)OCc1ccc(Cl)cc1. The number of hydrogen-bond donors (Lipinski definition) is 1. The molecule has 17 heavy (non-hydrogen) atoms. The van der Waals surface area contributed by atoms with Crippen molar-refractivity contribution in [2.24, 2.45) is 5.73 Å². The minimum absolute atomic E-state index is 0.202. The van der Waals surface area contributed by atoms with Crippen LogP contribution in [0.4, 0.5) is 0 Å². The molecule has 0 unspecified atom stereocenters. The van der Waals surface area contributed by atoms with Crippen molar-refractivity contribution in [1.82, 2.24) is 4.90 Å². The maximum absolute atomic E-state index is 11.4. The first-order chi connectivity index (χ1) is 7.99. The lowest BCUT2D eigenvalue weighted by Crippen LogP contribution is -2.20. The monoisotopic (exact) mass is 254 g/mol. The molecule has 0 fully saturated rings. The van der Waals surface area contributed by atoms with Crippen molar-refractivity contribution in [2.45, 2.75) is 6.61 Å². The average molecular weight is 255 g/mol. The Bertz CT molecular complexity index is 413. The lowest BCUT2D eigenvalue weighted by molar-refractivity contribution is -0.139. The van der Waals surface area contributed by atoms with Crippen molar-refractivity contribution in [3.63, 3.8) is 0 Å². The standard InChI is InChI=1S/C12H15ClN2O2/c1-15(2)11(14)7-12(16)17-8-9-3-5-10(13)6-4-9/h3-7H,8,14H2,1-2H3/b11-7-. The Balaban J connectivity index is 2.49. The predicted octanol–water partition coefficient (Wildman–Crippen LogP) is 1.74. The number of esters is 1. The van der Waals surface area contributed by atoms with Gasteiger partial charge in [0.1, 0.15) is 12.4 Å². The second kappa shape index (κ2) is 6.15. The second-order valence-electron chi connectivity index (χ2n) is 3.70. The van der Waals surface area contributed by atoms with Crippen molar-refractivity contribution in [2.75, 3.05) is 14.1 Å². The topological polar surface area (TPSA) is 55.6 Å². The largest absolute Gasteiger partial charge is 0.458 e. The van der Waals surface area contributed by atoms with E-state index in [4.69, 9.17) is 22.1 Å². The van der Waals surface area contributed by atoms with Gasteiger partial charge in [0.25, 0.3) is 0 Å². The molecule has 5 heteroatoms. The van der Waals surface area contributed by atoms with E-state index in [2.05, 4.69) is 0 Å². The molecule has 0 aliphatic carbocycles. The molecule has 0 bridgehead atoms. The second-order valence-corrected chi connectivity index (χ2v) is 4.13. The van der Waals surface area contributed by atoms with Gasteiger partial charge in [0, 0.05) is 19.1 Å². The zero-order valence-electron chi connectivity index (χ0n) is 9.81. The molecular formula is C12H15ClN2O2. The van der Waals surface area contributed by atoms with Gasteiger partial charge in [-0.25, -0.2) is 4.79 Å². The highest BCUT2D eigenvalue weighted by Gasteiger charge is 2.02. The number of rotatable bonds is 4. The van der Waals surface area contributed by atoms with E-state index in [0.717, 1.165) is 5.56 Å². The summed E-state index contributed by atoms with van der Waals surface area (Å²) in [4.78, 5) is 13.0. The van der Waals surface area contributed by atoms with Crippen LogP contribution in [0.2, 0.25) is 5.02 Å². The molecule has 0 saturated carbocycles. The molecule has 1 aromatic carbocycles. The Hall–Kier alpha value is -1.68. The normalized spacial score (nSPS) is 11.1. The quantitative estimate of drug-likeness (QED) is 0.657. The summed E-state index contributed by atoms with van der Waals surface area (Å²) in [6.07, 6.45) is 1.25. The molecule has 0 spiro atoms. The zero-order chi connectivity index (χ0) is 12.8. The Morgan fingerprint density at radius 3 is 2.53 bits per heavy atom. The number of nitrogens with two attached hydrogens (primary N) is 1. The van der Waals surface area contributed by atoms with Crippen LogP contribution in [0.3, 0.4) is 0 Å². The van der Waals surface area contributed by atoms with E-state index in [1.165, 1.54) is 6.08 Å². The summed E-state index contributed by atoms with van der Waals surface area (Å²) >= 11 is 5.74. The van der Waals surface area contributed by atoms with Crippen LogP contribution in [0.1, 0.15) is 5.56 Å². The summed E-state index contributed by atoms with van der Waals surface area (Å²) in [7, 11) is 3.50. The van der Waals surface area contributed by atoms with Gasteiger partial charge in [-0.3, -0.25) is 0 Å². The maximum atomic E-state index is 11.4. The molecule has 0 radical (unpaired) electrons. The third kappa shape index (κ3) is 4.78. The van der Waals surface area contributed by atoms with Crippen molar-refractivity contribution in [1.29, 1.82) is 0 Å². The molecule has 2 N–H and O–H groups in total. The molecule has 1 rings (SSSR count). The third-order valence-corrected chi connectivity index (χ3v) is 2.33. The van der Waals surface area contributed by atoms with Crippen LogP contribution in [0.5, 0.6) is 0 Å². The molecule has 0 aliphatic rings. The number of carbonyl (C=O) groups is 1. The Labute approximate surface area is 106 Å². The van der Waals surface area contributed by atoms with Gasteiger partial charge in [-0.05, 0) is 17.7 Å². The fourth-order valence-corrected chi connectivity index (χ4v) is 1.15. The Morgan fingerprint density at radius 1 is 1.41 bits per heavy atom. The van der Waals surface area contributed by atoms with E-state index in [9.17, 15) is 4.79 Å². The molecule has 0 aliphatic heterocycles. The van der Waals surface area contributed by atoms with Crippen LogP contribution >= 0.6 is 11.6 Å². The summed E-state index contributed by atoms with van der Waals surface area (Å²) in [5.41, 5.74) is 6.45. The molecule has 0 heterocycles. The van der Waals surface area contributed by atoms with E-state index in [1.54, 1.807) is 43.3 Å². The summed E-state index contributed by atoms with van der Waals surface area (Å²) in [5, 5.41) is 0.650. The van der Waals surface area contributed by atoms with Gasteiger partial charge < -0.3 is 15.4 Å². The van der Waals surface area contributed by atoms with Gasteiger partial charge in [-0.15, -0.1) is 0 Å². The molecule has 4 nitrogen and oxygen atoms in total. The van der Waals surface area contributed by atoms with E-state index in [1.807, 2.05) is 0 Å². The summed E-state index contributed by atoms with van der Waals surface area (Å²) in [5.74, 6) is -0.114. The third-order valence-electron chi connectivity index (χ3n) is 2.08. The summed E-state index contributed by atoms with van der Waals surface area (Å²) in [6, 6.07) is 7.09. The summed E-state index contributed by atoms with van der Waals surface area (Å²) < 4.78 is 5.02. The van der Waals surface area contributed by atoms with Crippen molar-refractivity contribution >= 4 is 17.6 Å². The number of nitrogens with zero attached hydrogens (tertiary/aromatic N) is 1. The van der Waals surface area contributed by atoms with Gasteiger partial charge in [0.15, 0.2) is 0 Å². The van der Waals surface area contributed by atoms with E-state index in [-0.39, 0.29) is 6.61 Å². The number of hydrogen-bond acceptors (Lipinski definition) is 4. The maximum Gasteiger partial charge on any atom is 0.334 e. The van der Waals surface area contributed by atoms with Gasteiger partial charge in [0.2, 0.25) is 0 Å². The molecule has 0 saturated heterocycles. The van der Waals surface area contributed by atoms with Crippen LogP contribution < -0.4 is 5.73 Å². The van der Waals surface area contributed by atoms with Crippen LogP contribution in [0.15, 0.2) is 36.2 Å². The smallest absolute Gasteiger partial charge is 0.334 e. The molecule has 0 amide bonds. The molecule has 0 atom stereocenters. The van der Waals surface area contributed by atoms with E-state index >= 15 is 0 Å². The van der Waals surface area contributed by atoms with Gasteiger partial charge in [-0.2, -0.15) is 0 Å². The first-order valence-corrected chi connectivity index (χ1v) is 5.42. The highest BCUT2D eigenvalue weighted by molar-refractivity contribution is 6.30.